The normalized spacial score (nSPS) is 16.3. The van der Waals surface area contributed by atoms with Gasteiger partial charge in [-0.25, -0.2) is 0 Å². The largest absolute Gasteiger partial charge is 0.481 e. The van der Waals surface area contributed by atoms with E-state index in [4.69, 9.17) is 10.2 Å². The first-order valence-electron chi connectivity index (χ1n) is 3.79. The predicted octanol–water partition coefficient (Wildman–Crippen LogP) is 1.26. The summed E-state index contributed by atoms with van der Waals surface area (Å²) in [5.74, 6) is -2.13. The third kappa shape index (κ3) is 3.26. The highest BCUT2D eigenvalue weighted by molar-refractivity contribution is 7.82. The minimum Gasteiger partial charge on any atom is -0.481 e. The maximum absolute atomic E-state index is 10.7. The zero-order valence-corrected chi connectivity index (χ0v) is 8.76. The van der Waals surface area contributed by atoms with Gasteiger partial charge in [-0.05, 0) is 27.2 Å². The molecule has 4 nitrogen and oxygen atoms in total. The highest BCUT2D eigenvalue weighted by Gasteiger charge is 2.39. The molecular weight excluding hydrogens is 192 g/mol. The van der Waals surface area contributed by atoms with E-state index in [9.17, 15) is 9.59 Å². The molecule has 0 spiro atoms. The molecule has 13 heavy (non-hydrogen) atoms. The van der Waals surface area contributed by atoms with E-state index in [1.165, 1.54) is 20.8 Å². The van der Waals surface area contributed by atoms with Crippen LogP contribution in [0.3, 0.4) is 0 Å². The maximum Gasteiger partial charge on any atom is 0.319 e. The van der Waals surface area contributed by atoms with Crippen LogP contribution in [0.15, 0.2) is 0 Å². The third-order valence-corrected chi connectivity index (χ3v) is 2.18. The van der Waals surface area contributed by atoms with Crippen LogP contribution in [-0.2, 0) is 9.59 Å². The summed E-state index contributed by atoms with van der Waals surface area (Å²) in [6.07, 6.45) is -0.0201. The Balaban J connectivity index is 4.61. The Bertz CT molecular complexity index is 208. The molecule has 76 valence electrons. The van der Waals surface area contributed by atoms with Gasteiger partial charge in [-0.3, -0.25) is 9.59 Å². The fourth-order valence-electron chi connectivity index (χ4n) is 1.01. The van der Waals surface area contributed by atoms with E-state index in [1.807, 2.05) is 0 Å². The van der Waals surface area contributed by atoms with Gasteiger partial charge in [-0.15, -0.1) is 0 Å². The van der Waals surface area contributed by atoms with E-state index in [1.54, 1.807) is 0 Å². The van der Waals surface area contributed by atoms with Gasteiger partial charge in [-0.1, -0.05) is 0 Å². The van der Waals surface area contributed by atoms with E-state index in [-0.39, 0.29) is 6.42 Å². The van der Waals surface area contributed by atoms with Crippen LogP contribution in [0.1, 0.15) is 27.2 Å². The van der Waals surface area contributed by atoms with Crippen molar-refractivity contribution in [1.82, 2.24) is 0 Å². The maximum atomic E-state index is 10.7. The van der Waals surface area contributed by atoms with Crippen molar-refractivity contribution in [2.45, 2.75) is 31.9 Å². The Kier molecular flexibility index (Phi) is 3.38. The van der Waals surface area contributed by atoms with Crippen LogP contribution in [0, 0.1) is 5.41 Å². The average molecular weight is 206 g/mol. The van der Waals surface area contributed by atoms with Crippen LogP contribution in [0.5, 0.6) is 0 Å². The van der Waals surface area contributed by atoms with Crippen molar-refractivity contribution in [3.8, 4) is 0 Å². The van der Waals surface area contributed by atoms with Crippen LogP contribution >= 0.6 is 12.6 Å². The van der Waals surface area contributed by atoms with Gasteiger partial charge in [0.2, 0.25) is 0 Å². The lowest BCUT2D eigenvalue weighted by molar-refractivity contribution is -0.149. The van der Waals surface area contributed by atoms with Crippen molar-refractivity contribution in [3.05, 3.63) is 0 Å². The van der Waals surface area contributed by atoms with Crippen LogP contribution in [0.25, 0.3) is 0 Å². The van der Waals surface area contributed by atoms with E-state index in [0.29, 0.717) is 0 Å². The van der Waals surface area contributed by atoms with Gasteiger partial charge < -0.3 is 10.2 Å². The smallest absolute Gasteiger partial charge is 0.319 e. The SMILES string of the molecule is CC(C)(CC(C)(S)C(=O)O)C(=O)O. The zero-order chi connectivity index (χ0) is 10.9. The molecule has 0 rings (SSSR count). The fourth-order valence-corrected chi connectivity index (χ4v) is 1.41. The highest BCUT2D eigenvalue weighted by atomic mass is 32.1. The summed E-state index contributed by atoms with van der Waals surface area (Å²) in [7, 11) is 0. The third-order valence-electron chi connectivity index (χ3n) is 1.83. The second-order valence-electron chi connectivity index (χ2n) is 3.94. The molecule has 0 amide bonds. The number of hydrogen-bond donors (Lipinski definition) is 3. The summed E-state index contributed by atoms with van der Waals surface area (Å²) in [6.45, 7) is 4.35. The molecule has 1 unspecified atom stereocenters. The molecule has 0 aliphatic rings. The Hall–Kier alpha value is -0.710. The molecule has 5 heteroatoms. The monoisotopic (exact) mass is 206 g/mol. The number of carboxylic acids is 2. The van der Waals surface area contributed by atoms with Gasteiger partial charge in [0.05, 0.1) is 5.41 Å². The van der Waals surface area contributed by atoms with E-state index in [2.05, 4.69) is 12.6 Å². The topological polar surface area (TPSA) is 74.6 Å². The van der Waals surface area contributed by atoms with E-state index < -0.39 is 22.1 Å². The second kappa shape index (κ2) is 3.57. The summed E-state index contributed by atoms with van der Waals surface area (Å²) in [4.78, 5) is 21.3. The van der Waals surface area contributed by atoms with Crippen LogP contribution < -0.4 is 0 Å². The lowest BCUT2D eigenvalue weighted by atomic mass is 9.83. The quantitative estimate of drug-likeness (QED) is 0.605. The Morgan fingerprint density at radius 3 is 1.77 bits per heavy atom. The molecule has 0 heterocycles. The van der Waals surface area contributed by atoms with E-state index >= 15 is 0 Å². The molecule has 0 aromatic heterocycles. The fraction of sp³-hybridized carbons (Fsp3) is 0.750. The highest BCUT2D eigenvalue weighted by Crippen LogP contribution is 2.32. The number of carbonyl (C=O) groups is 2. The number of hydrogen-bond acceptors (Lipinski definition) is 3. The van der Waals surface area contributed by atoms with Gasteiger partial charge in [0.15, 0.2) is 0 Å². The molecule has 0 saturated carbocycles. The van der Waals surface area contributed by atoms with Crippen LogP contribution in [-0.4, -0.2) is 26.9 Å². The second-order valence-corrected chi connectivity index (χ2v) is 4.93. The van der Waals surface area contributed by atoms with Crippen molar-refractivity contribution in [2.24, 2.45) is 5.41 Å². The number of aliphatic carboxylic acids is 2. The van der Waals surface area contributed by atoms with Crippen molar-refractivity contribution in [3.63, 3.8) is 0 Å². The predicted molar refractivity (Wildman–Crippen MR) is 51.1 cm³/mol. The summed E-state index contributed by atoms with van der Waals surface area (Å²) in [6, 6.07) is 0. The lowest BCUT2D eigenvalue weighted by Crippen LogP contribution is -2.38. The van der Waals surface area contributed by atoms with Gasteiger partial charge in [0, 0.05) is 0 Å². The first-order valence-corrected chi connectivity index (χ1v) is 4.23. The summed E-state index contributed by atoms with van der Waals surface area (Å²) < 4.78 is -1.30. The van der Waals surface area contributed by atoms with Crippen LogP contribution in [0.2, 0.25) is 0 Å². The molecule has 0 fully saturated rings. The molecule has 0 aromatic carbocycles. The van der Waals surface area contributed by atoms with Crippen molar-refractivity contribution >= 4 is 24.6 Å². The molecule has 0 bridgehead atoms. The molecule has 0 saturated heterocycles. The van der Waals surface area contributed by atoms with Gasteiger partial charge in [-0.2, -0.15) is 12.6 Å². The molecule has 0 radical (unpaired) electrons. The average Bonchev–Trinajstić information content (AvgIpc) is 1.83. The minimum absolute atomic E-state index is 0.0201. The van der Waals surface area contributed by atoms with Gasteiger partial charge >= 0.3 is 11.9 Å². The summed E-state index contributed by atoms with van der Waals surface area (Å²) in [5, 5.41) is 17.5. The number of carboxylic acid groups (broad SMARTS) is 2. The summed E-state index contributed by atoms with van der Waals surface area (Å²) >= 11 is 3.91. The first-order chi connectivity index (χ1) is 5.59. The zero-order valence-electron chi connectivity index (χ0n) is 7.87. The standard InChI is InChI=1S/C8H14O4S/c1-7(2,5(9)10)4-8(3,13)6(11)12/h13H,4H2,1-3H3,(H,9,10)(H,11,12). The molecule has 1 atom stereocenters. The lowest BCUT2D eigenvalue weighted by Gasteiger charge is -2.27. The summed E-state index contributed by atoms with van der Waals surface area (Å²) in [5.41, 5.74) is -1.07. The first kappa shape index (κ1) is 12.3. The van der Waals surface area contributed by atoms with Crippen molar-refractivity contribution in [2.75, 3.05) is 0 Å². The molecule has 2 N–H and O–H groups in total. The molecular formula is C8H14O4S. The Morgan fingerprint density at radius 2 is 1.54 bits per heavy atom. The van der Waals surface area contributed by atoms with Crippen LogP contribution in [0.4, 0.5) is 0 Å². The van der Waals surface area contributed by atoms with E-state index in [0.717, 1.165) is 0 Å². The molecule has 0 aliphatic heterocycles. The van der Waals surface area contributed by atoms with Crippen molar-refractivity contribution < 1.29 is 19.8 Å². The molecule has 0 aromatic rings. The number of rotatable bonds is 4. The molecule has 0 aliphatic carbocycles. The van der Waals surface area contributed by atoms with Gasteiger partial charge in [0.25, 0.3) is 0 Å². The minimum atomic E-state index is -1.30. The number of thiol groups is 1. The van der Waals surface area contributed by atoms with Gasteiger partial charge in [0.1, 0.15) is 4.75 Å². The van der Waals surface area contributed by atoms with Crippen molar-refractivity contribution in [1.29, 1.82) is 0 Å². The Labute approximate surface area is 82.4 Å². The Morgan fingerprint density at radius 1 is 1.15 bits per heavy atom.